The predicted octanol–water partition coefficient (Wildman–Crippen LogP) is 0.709. The minimum Gasteiger partial charge on any atom is -0.343 e. The van der Waals surface area contributed by atoms with Crippen molar-refractivity contribution < 1.29 is 4.79 Å². The van der Waals surface area contributed by atoms with Crippen molar-refractivity contribution in [2.24, 2.45) is 0 Å². The van der Waals surface area contributed by atoms with Gasteiger partial charge in [0.05, 0.1) is 0 Å². The van der Waals surface area contributed by atoms with Gasteiger partial charge in [0, 0.05) is 31.8 Å². The largest absolute Gasteiger partial charge is 0.343 e. The number of nitrogens with one attached hydrogen (secondary N) is 1. The highest BCUT2D eigenvalue weighted by atomic mass is 16.2. The Labute approximate surface area is 106 Å². The number of aromatic nitrogens is 4. The zero-order valence-electron chi connectivity index (χ0n) is 10.3. The molecule has 0 saturated carbocycles. The number of unbranched alkanes of at least 4 members (excludes halogenated alkanes) is 1. The minimum absolute atomic E-state index is 0.205. The fourth-order valence-electron chi connectivity index (χ4n) is 2.23. The van der Waals surface area contributed by atoms with Gasteiger partial charge < -0.3 is 4.90 Å². The molecule has 0 atom stereocenters. The maximum atomic E-state index is 11.9. The molecule has 1 aliphatic heterocycles. The molecule has 0 bridgehead atoms. The van der Waals surface area contributed by atoms with Crippen LogP contribution in [0.3, 0.4) is 0 Å². The quantitative estimate of drug-likeness (QED) is 0.628. The van der Waals surface area contributed by atoms with Gasteiger partial charge in [0.2, 0.25) is 5.91 Å². The molecule has 6 nitrogen and oxygen atoms in total. The normalized spacial score (nSPS) is 16.5. The van der Waals surface area contributed by atoms with Crippen LogP contribution in [0.4, 0.5) is 0 Å². The first-order valence-electron chi connectivity index (χ1n) is 6.26. The van der Waals surface area contributed by atoms with E-state index in [1.165, 1.54) is 0 Å². The average Bonchev–Trinajstić information content (AvgIpc) is 2.93. The van der Waals surface area contributed by atoms with E-state index in [1.807, 2.05) is 4.90 Å². The number of hydrogen-bond donors (Lipinski definition) is 1. The topological polar surface area (TPSA) is 74.8 Å². The van der Waals surface area contributed by atoms with Crippen LogP contribution in [0.1, 0.15) is 43.8 Å². The smallest absolute Gasteiger partial charge is 0.222 e. The van der Waals surface area contributed by atoms with Crippen LogP contribution in [0.25, 0.3) is 0 Å². The summed E-state index contributed by atoms with van der Waals surface area (Å²) in [5.41, 5.74) is 0. The number of carbonyl (C=O) groups is 1. The van der Waals surface area contributed by atoms with Gasteiger partial charge in [0.25, 0.3) is 0 Å². The van der Waals surface area contributed by atoms with Crippen molar-refractivity contribution in [1.82, 2.24) is 25.5 Å². The fraction of sp³-hybridized carbons (Fsp3) is 0.667. The number of rotatable bonds is 4. The van der Waals surface area contributed by atoms with Gasteiger partial charge in [-0.25, -0.2) is 0 Å². The number of amides is 1. The molecule has 96 valence electrons. The van der Waals surface area contributed by atoms with Crippen LogP contribution in [0.15, 0.2) is 0 Å². The lowest BCUT2D eigenvalue weighted by molar-refractivity contribution is -0.132. The third-order valence-electron chi connectivity index (χ3n) is 3.29. The molecular formula is C12H17N5O. The maximum absolute atomic E-state index is 11.9. The molecule has 2 rings (SSSR count). The molecule has 1 saturated heterocycles. The monoisotopic (exact) mass is 247 g/mol. The highest BCUT2D eigenvalue weighted by molar-refractivity contribution is 5.76. The molecule has 0 unspecified atom stereocenters. The Bertz CT molecular complexity index is 414. The van der Waals surface area contributed by atoms with Gasteiger partial charge in [-0.05, 0) is 19.3 Å². The molecule has 18 heavy (non-hydrogen) atoms. The van der Waals surface area contributed by atoms with E-state index in [0.717, 1.165) is 38.2 Å². The van der Waals surface area contributed by atoms with Gasteiger partial charge in [-0.15, -0.1) is 22.5 Å². The fourth-order valence-corrected chi connectivity index (χ4v) is 2.23. The van der Waals surface area contributed by atoms with Gasteiger partial charge >= 0.3 is 0 Å². The van der Waals surface area contributed by atoms with Crippen molar-refractivity contribution in [2.45, 2.75) is 38.0 Å². The molecule has 1 aromatic rings. The summed E-state index contributed by atoms with van der Waals surface area (Å²) >= 11 is 0. The second kappa shape index (κ2) is 6.15. The van der Waals surface area contributed by atoms with Gasteiger partial charge in [-0.2, -0.15) is 5.21 Å². The van der Waals surface area contributed by atoms with Crippen molar-refractivity contribution in [3.8, 4) is 12.3 Å². The molecule has 1 fully saturated rings. The van der Waals surface area contributed by atoms with Crippen molar-refractivity contribution >= 4 is 5.91 Å². The number of hydrogen-bond acceptors (Lipinski definition) is 4. The summed E-state index contributed by atoms with van der Waals surface area (Å²) in [7, 11) is 0. The summed E-state index contributed by atoms with van der Waals surface area (Å²) in [5.74, 6) is 3.84. The van der Waals surface area contributed by atoms with E-state index in [4.69, 9.17) is 6.42 Å². The van der Waals surface area contributed by atoms with E-state index < -0.39 is 0 Å². The summed E-state index contributed by atoms with van der Waals surface area (Å²) in [5, 5.41) is 14.0. The molecule has 0 spiro atoms. The van der Waals surface area contributed by atoms with E-state index in [9.17, 15) is 4.79 Å². The SMILES string of the molecule is C#CCCCC(=O)N1CCC(c2nn[nH]n2)CC1. The summed E-state index contributed by atoms with van der Waals surface area (Å²) in [6.45, 7) is 1.54. The maximum Gasteiger partial charge on any atom is 0.222 e. The van der Waals surface area contributed by atoms with Crippen LogP contribution in [0, 0.1) is 12.3 Å². The number of likely N-dealkylation sites (tertiary alicyclic amines) is 1. The van der Waals surface area contributed by atoms with Gasteiger partial charge in [-0.3, -0.25) is 4.79 Å². The second-order valence-corrected chi connectivity index (χ2v) is 4.48. The van der Waals surface area contributed by atoms with E-state index in [1.54, 1.807) is 0 Å². The van der Waals surface area contributed by atoms with Crippen LogP contribution in [-0.4, -0.2) is 44.5 Å². The summed E-state index contributed by atoms with van der Waals surface area (Å²) in [6.07, 6.45) is 8.98. The second-order valence-electron chi connectivity index (χ2n) is 4.48. The zero-order valence-corrected chi connectivity index (χ0v) is 10.3. The summed E-state index contributed by atoms with van der Waals surface area (Å²) in [4.78, 5) is 13.8. The first kappa shape index (κ1) is 12.6. The van der Waals surface area contributed by atoms with Crippen LogP contribution in [0.2, 0.25) is 0 Å². The third kappa shape index (κ3) is 3.06. The molecule has 6 heteroatoms. The van der Waals surface area contributed by atoms with Crippen molar-refractivity contribution in [3.63, 3.8) is 0 Å². The minimum atomic E-state index is 0.205. The van der Waals surface area contributed by atoms with Gasteiger partial charge in [0.15, 0.2) is 5.82 Å². The molecule has 1 N–H and O–H groups in total. The summed E-state index contributed by atoms with van der Waals surface area (Å²) < 4.78 is 0. The Morgan fingerprint density at radius 2 is 2.28 bits per heavy atom. The van der Waals surface area contributed by atoms with Crippen LogP contribution >= 0.6 is 0 Å². The highest BCUT2D eigenvalue weighted by Gasteiger charge is 2.25. The lowest BCUT2D eigenvalue weighted by Crippen LogP contribution is -2.38. The number of terminal acetylenes is 1. The molecule has 2 heterocycles. The molecule has 0 aliphatic carbocycles. The number of nitrogens with zero attached hydrogens (tertiary/aromatic N) is 4. The molecule has 1 aliphatic rings. The first-order valence-corrected chi connectivity index (χ1v) is 6.26. The predicted molar refractivity (Wildman–Crippen MR) is 65.4 cm³/mol. The standard InChI is InChI=1S/C12H17N5O/c1-2-3-4-5-11(18)17-8-6-10(7-9-17)12-13-15-16-14-12/h1,10H,3-9H2,(H,13,14,15,16). The molecule has 1 aromatic heterocycles. The van der Waals surface area contributed by atoms with Gasteiger partial charge in [-0.1, -0.05) is 5.21 Å². The van der Waals surface area contributed by atoms with Crippen LogP contribution < -0.4 is 0 Å². The lowest BCUT2D eigenvalue weighted by atomic mass is 9.96. The van der Waals surface area contributed by atoms with E-state index in [0.29, 0.717) is 18.8 Å². The van der Waals surface area contributed by atoms with Gasteiger partial charge in [0.1, 0.15) is 0 Å². The van der Waals surface area contributed by atoms with Crippen molar-refractivity contribution in [1.29, 1.82) is 0 Å². The molecule has 0 radical (unpaired) electrons. The van der Waals surface area contributed by atoms with Crippen LogP contribution in [-0.2, 0) is 4.79 Å². The number of piperidine rings is 1. The number of tetrazole rings is 1. The number of H-pyrrole nitrogens is 1. The lowest BCUT2D eigenvalue weighted by Gasteiger charge is -2.30. The third-order valence-corrected chi connectivity index (χ3v) is 3.29. The van der Waals surface area contributed by atoms with Crippen molar-refractivity contribution in [2.75, 3.05) is 13.1 Å². The van der Waals surface area contributed by atoms with Crippen molar-refractivity contribution in [3.05, 3.63) is 5.82 Å². The zero-order chi connectivity index (χ0) is 12.8. The molecule has 0 aromatic carbocycles. The highest BCUT2D eigenvalue weighted by Crippen LogP contribution is 2.25. The van der Waals surface area contributed by atoms with E-state index >= 15 is 0 Å². The molecule has 1 amide bonds. The van der Waals surface area contributed by atoms with E-state index in [2.05, 4.69) is 26.5 Å². The first-order chi connectivity index (χ1) is 8.81. The Morgan fingerprint density at radius 3 is 2.89 bits per heavy atom. The number of carbonyl (C=O) groups excluding carboxylic acids is 1. The Kier molecular flexibility index (Phi) is 4.29. The Balaban J connectivity index is 1.76. The number of aromatic amines is 1. The Hall–Kier alpha value is -1.90. The molecular weight excluding hydrogens is 230 g/mol. The Morgan fingerprint density at radius 1 is 1.50 bits per heavy atom. The van der Waals surface area contributed by atoms with E-state index in [-0.39, 0.29) is 5.91 Å². The van der Waals surface area contributed by atoms with Crippen LogP contribution in [0.5, 0.6) is 0 Å². The summed E-state index contributed by atoms with van der Waals surface area (Å²) in [6, 6.07) is 0. The average molecular weight is 247 g/mol.